The van der Waals surface area contributed by atoms with Crippen LogP contribution in [-0.2, 0) is 16.1 Å². The highest BCUT2D eigenvalue weighted by atomic mass is 35.5. The summed E-state index contributed by atoms with van der Waals surface area (Å²) in [6.07, 6.45) is 8.03. The Kier molecular flexibility index (Phi) is 7.47. The number of ether oxygens (including phenoxy) is 1. The van der Waals surface area contributed by atoms with Crippen LogP contribution in [0.1, 0.15) is 44.1 Å². The predicted molar refractivity (Wildman–Crippen MR) is 101 cm³/mol. The summed E-state index contributed by atoms with van der Waals surface area (Å²) in [7, 11) is 0. The van der Waals surface area contributed by atoms with E-state index in [2.05, 4.69) is 21.3 Å². The van der Waals surface area contributed by atoms with Crippen molar-refractivity contribution in [2.24, 2.45) is 5.73 Å². The van der Waals surface area contributed by atoms with Gasteiger partial charge >= 0.3 is 0 Å². The highest BCUT2D eigenvalue weighted by Gasteiger charge is 2.35. The fourth-order valence-corrected chi connectivity index (χ4v) is 3.36. The first-order valence-electron chi connectivity index (χ1n) is 9.02. The molecule has 3 N–H and O–H groups in total. The first-order chi connectivity index (χ1) is 11.7. The minimum Gasteiger partial charge on any atom is -0.381 e. The number of amides is 1. The van der Waals surface area contributed by atoms with Gasteiger partial charge in [-0.15, -0.1) is 12.4 Å². The number of rotatable bonds is 4. The summed E-state index contributed by atoms with van der Waals surface area (Å²) in [5.41, 5.74) is 6.49. The van der Waals surface area contributed by atoms with Gasteiger partial charge in [-0.3, -0.25) is 4.79 Å². The Labute approximate surface area is 155 Å². The monoisotopic (exact) mass is 368 g/mol. The zero-order valence-electron chi connectivity index (χ0n) is 14.7. The van der Waals surface area contributed by atoms with Crippen LogP contribution in [0.3, 0.4) is 0 Å². The van der Waals surface area contributed by atoms with Gasteiger partial charge in [-0.25, -0.2) is 4.98 Å². The molecule has 1 amide bonds. The molecule has 0 bridgehead atoms. The van der Waals surface area contributed by atoms with Gasteiger partial charge in [-0.05, 0) is 43.4 Å². The summed E-state index contributed by atoms with van der Waals surface area (Å²) in [4.78, 5) is 19.3. The lowest BCUT2D eigenvalue weighted by Gasteiger charge is -2.31. The Morgan fingerprint density at radius 1 is 1.24 bits per heavy atom. The van der Waals surface area contributed by atoms with E-state index in [1.165, 1.54) is 25.7 Å². The molecule has 2 aliphatic rings. The first-order valence-corrected chi connectivity index (χ1v) is 9.02. The number of carbonyl (C=O) groups excluding carboxylic acids is 1. The van der Waals surface area contributed by atoms with Crippen molar-refractivity contribution in [3.8, 4) is 0 Å². The highest BCUT2D eigenvalue weighted by Crippen LogP contribution is 2.20. The van der Waals surface area contributed by atoms with Gasteiger partial charge in [0.15, 0.2) is 0 Å². The Balaban J connectivity index is 0.00000225. The lowest BCUT2D eigenvalue weighted by molar-refractivity contribution is -0.129. The summed E-state index contributed by atoms with van der Waals surface area (Å²) in [5, 5.41) is 2.99. The van der Waals surface area contributed by atoms with Gasteiger partial charge in [0.05, 0.1) is 5.54 Å². The predicted octanol–water partition coefficient (Wildman–Crippen LogP) is 2.01. The zero-order chi connectivity index (χ0) is 16.8. The number of nitrogens with two attached hydrogens (primary N) is 1. The number of hydrogen-bond donors (Lipinski definition) is 2. The molecule has 3 rings (SSSR count). The first kappa shape index (κ1) is 19.9. The van der Waals surface area contributed by atoms with Crippen LogP contribution >= 0.6 is 12.4 Å². The molecule has 6 nitrogen and oxygen atoms in total. The molecule has 0 saturated carbocycles. The molecule has 7 heteroatoms. The van der Waals surface area contributed by atoms with Crippen LogP contribution in [0.2, 0.25) is 0 Å². The number of carbonyl (C=O) groups is 1. The van der Waals surface area contributed by atoms with E-state index in [0.29, 0.717) is 32.6 Å². The maximum Gasteiger partial charge on any atom is 0.240 e. The normalized spacial score (nSPS) is 20.3. The molecule has 2 fully saturated rings. The quantitative estimate of drug-likeness (QED) is 0.849. The molecule has 1 aromatic rings. The molecule has 25 heavy (non-hydrogen) atoms. The highest BCUT2D eigenvalue weighted by molar-refractivity contribution is 5.86. The molecule has 3 heterocycles. The smallest absolute Gasteiger partial charge is 0.240 e. The molecule has 2 aliphatic heterocycles. The van der Waals surface area contributed by atoms with Crippen LogP contribution in [-0.4, -0.2) is 42.7 Å². The molecule has 0 radical (unpaired) electrons. The number of halogens is 1. The fourth-order valence-electron chi connectivity index (χ4n) is 3.36. The lowest BCUT2D eigenvalue weighted by atomic mass is 9.90. The fraction of sp³-hybridized carbons (Fsp3) is 0.667. The molecule has 140 valence electrons. The largest absolute Gasteiger partial charge is 0.381 e. The van der Waals surface area contributed by atoms with Crippen molar-refractivity contribution in [2.45, 2.75) is 50.6 Å². The third-order valence-electron chi connectivity index (χ3n) is 5.03. The van der Waals surface area contributed by atoms with Crippen molar-refractivity contribution in [3.05, 3.63) is 23.9 Å². The second-order valence-corrected chi connectivity index (χ2v) is 6.87. The van der Waals surface area contributed by atoms with E-state index >= 15 is 0 Å². The number of pyridine rings is 1. The molecule has 1 aromatic heterocycles. The lowest BCUT2D eigenvalue weighted by Crippen LogP contribution is -2.56. The molecule has 0 aromatic carbocycles. The van der Waals surface area contributed by atoms with Crippen molar-refractivity contribution in [2.75, 3.05) is 31.2 Å². The van der Waals surface area contributed by atoms with Crippen LogP contribution in [0, 0.1) is 0 Å². The van der Waals surface area contributed by atoms with Crippen LogP contribution in [0.25, 0.3) is 0 Å². The number of aromatic nitrogens is 1. The second kappa shape index (κ2) is 9.36. The summed E-state index contributed by atoms with van der Waals surface area (Å²) >= 11 is 0. The molecular weight excluding hydrogens is 340 g/mol. The van der Waals surface area contributed by atoms with E-state index < -0.39 is 5.54 Å². The van der Waals surface area contributed by atoms with E-state index in [1.54, 1.807) is 0 Å². The average molecular weight is 369 g/mol. The van der Waals surface area contributed by atoms with Gasteiger partial charge in [0.1, 0.15) is 5.82 Å². The third kappa shape index (κ3) is 5.30. The van der Waals surface area contributed by atoms with Gasteiger partial charge in [-0.2, -0.15) is 0 Å². The number of hydrogen-bond acceptors (Lipinski definition) is 5. The van der Waals surface area contributed by atoms with Gasteiger partial charge in [0.2, 0.25) is 5.91 Å². The summed E-state index contributed by atoms with van der Waals surface area (Å²) < 4.78 is 5.30. The van der Waals surface area contributed by atoms with Gasteiger partial charge in [0, 0.05) is 39.0 Å². The summed E-state index contributed by atoms with van der Waals surface area (Å²) in [5.74, 6) is 0.927. The molecule has 0 spiro atoms. The van der Waals surface area contributed by atoms with Crippen LogP contribution in [0.4, 0.5) is 5.82 Å². The number of nitrogens with one attached hydrogen (secondary N) is 1. The Morgan fingerprint density at radius 3 is 2.60 bits per heavy atom. The van der Waals surface area contributed by atoms with Gasteiger partial charge < -0.3 is 20.7 Å². The van der Waals surface area contributed by atoms with Crippen molar-refractivity contribution < 1.29 is 9.53 Å². The van der Waals surface area contributed by atoms with Crippen LogP contribution in [0.5, 0.6) is 0 Å². The maximum atomic E-state index is 12.4. The Morgan fingerprint density at radius 2 is 1.92 bits per heavy atom. The van der Waals surface area contributed by atoms with Crippen LogP contribution < -0.4 is 16.0 Å². The molecule has 0 atom stereocenters. The number of nitrogens with zero attached hydrogens (tertiary/aromatic N) is 2. The minimum atomic E-state index is -0.793. The summed E-state index contributed by atoms with van der Waals surface area (Å²) in [6, 6.07) is 4.04. The topological polar surface area (TPSA) is 80.5 Å². The SMILES string of the molecule is Cl.NC1(C(=O)NCc2ccnc(N3CCCCCC3)c2)CCOCC1. The van der Waals surface area contributed by atoms with E-state index in [4.69, 9.17) is 10.5 Å². The van der Waals surface area contributed by atoms with Crippen molar-refractivity contribution in [1.29, 1.82) is 0 Å². The minimum absolute atomic E-state index is 0. The number of anilines is 1. The Bertz CT molecular complexity index is 556. The van der Waals surface area contributed by atoms with E-state index in [1.807, 2.05) is 12.3 Å². The summed E-state index contributed by atoms with van der Waals surface area (Å²) in [6.45, 7) is 3.72. The van der Waals surface area contributed by atoms with E-state index in [9.17, 15) is 4.79 Å². The van der Waals surface area contributed by atoms with Crippen molar-refractivity contribution in [3.63, 3.8) is 0 Å². The average Bonchev–Trinajstić information content (AvgIpc) is 2.90. The zero-order valence-corrected chi connectivity index (χ0v) is 15.5. The molecule has 2 saturated heterocycles. The maximum absolute atomic E-state index is 12.4. The molecule has 0 aliphatic carbocycles. The van der Waals surface area contributed by atoms with Crippen molar-refractivity contribution >= 4 is 24.1 Å². The van der Waals surface area contributed by atoms with E-state index in [-0.39, 0.29) is 18.3 Å². The van der Waals surface area contributed by atoms with Gasteiger partial charge in [-0.1, -0.05) is 12.8 Å². The molecular formula is C18H29ClN4O2. The van der Waals surface area contributed by atoms with Crippen molar-refractivity contribution in [1.82, 2.24) is 10.3 Å². The second-order valence-electron chi connectivity index (χ2n) is 6.87. The Hall–Kier alpha value is -1.37. The van der Waals surface area contributed by atoms with E-state index in [0.717, 1.165) is 24.5 Å². The van der Waals surface area contributed by atoms with Gasteiger partial charge in [0.25, 0.3) is 0 Å². The standard InChI is InChI=1S/C18H28N4O2.ClH/c19-18(6-11-24-12-7-18)17(23)21-14-15-5-8-20-16(13-15)22-9-3-1-2-4-10-22;/h5,8,13H,1-4,6-7,9-12,14,19H2,(H,21,23);1H. The molecule has 0 unspecified atom stereocenters. The van der Waals surface area contributed by atoms with Crippen LogP contribution in [0.15, 0.2) is 18.3 Å². The third-order valence-corrected chi connectivity index (χ3v) is 5.03.